The molecule has 0 spiro atoms. The Hall–Kier alpha value is -1.31. The fourth-order valence-corrected chi connectivity index (χ4v) is 0.725. The summed E-state index contributed by atoms with van der Waals surface area (Å²) in [4.78, 5) is 0. The zero-order valence-corrected chi connectivity index (χ0v) is 5.64. The van der Waals surface area contributed by atoms with Crippen molar-refractivity contribution in [3.63, 3.8) is 0 Å². The molecule has 0 radical (unpaired) electrons. The summed E-state index contributed by atoms with van der Waals surface area (Å²) < 4.78 is 1.96. The summed E-state index contributed by atoms with van der Waals surface area (Å²) in [5.74, 6) is 0. The molecule has 10 heavy (non-hydrogen) atoms. The number of allylic oxidation sites excluding steroid dienone is 1. The van der Waals surface area contributed by atoms with Crippen LogP contribution in [-0.2, 0) is 6.54 Å². The molecule has 52 valence electrons. The first-order chi connectivity index (χ1) is 4.93. The second-order valence-corrected chi connectivity index (χ2v) is 1.96. The summed E-state index contributed by atoms with van der Waals surface area (Å²) in [6.07, 6.45) is 6.62. The molecule has 2 heteroatoms. The first kappa shape index (κ1) is 6.81. The van der Waals surface area contributed by atoms with E-state index in [1.54, 1.807) is 6.08 Å². The van der Waals surface area contributed by atoms with Crippen molar-refractivity contribution >= 4 is 0 Å². The molecule has 0 unspecified atom stereocenters. The molecule has 1 heterocycles. The minimum absolute atomic E-state index is 0.720. The SMILES string of the molecule is O/C=C/C[n+]1ccccc1. The molecule has 0 aromatic carbocycles. The van der Waals surface area contributed by atoms with Crippen molar-refractivity contribution in [1.82, 2.24) is 0 Å². The van der Waals surface area contributed by atoms with Gasteiger partial charge in [0.1, 0.15) is 0 Å². The molecule has 0 amide bonds. The summed E-state index contributed by atoms with van der Waals surface area (Å²) in [6, 6.07) is 5.86. The van der Waals surface area contributed by atoms with Gasteiger partial charge in [0.25, 0.3) is 0 Å². The van der Waals surface area contributed by atoms with Gasteiger partial charge in [-0.05, 0) is 0 Å². The lowest BCUT2D eigenvalue weighted by Gasteiger charge is -1.86. The standard InChI is InChI=1S/C8H9NO/c10-8-4-7-9-5-2-1-3-6-9/h1-6,8H,7H2/p+1/b8-4+. The summed E-state index contributed by atoms with van der Waals surface area (Å²) in [7, 11) is 0. The Kier molecular flexibility index (Phi) is 2.49. The smallest absolute Gasteiger partial charge is 0.170 e. The third-order valence-corrected chi connectivity index (χ3v) is 1.20. The molecule has 1 N–H and O–H groups in total. The van der Waals surface area contributed by atoms with Crippen LogP contribution in [0.4, 0.5) is 0 Å². The monoisotopic (exact) mass is 136 g/mol. The molecule has 0 saturated carbocycles. The first-order valence-electron chi connectivity index (χ1n) is 3.17. The van der Waals surface area contributed by atoms with Gasteiger partial charge in [-0.3, -0.25) is 0 Å². The second kappa shape index (κ2) is 3.67. The fraction of sp³-hybridized carbons (Fsp3) is 0.125. The first-order valence-corrected chi connectivity index (χ1v) is 3.17. The van der Waals surface area contributed by atoms with Gasteiger partial charge in [0.05, 0.1) is 6.26 Å². The molecule has 1 aromatic heterocycles. The average molecular weight is 136 g/mol. The Morgan fingerprint density at radius 3 is 2.50 bits per heavy atom. The van der Waals surface area contributed by atoms with Crippen LogP contribution in [0.15, 0.2) is 42.9 Å². The van der Waals surface area contributed by atoms with Crippen molar-refractivity contribution in [3.05, 3.63) is 42.9 Å². The van der Waals surface area contributed by atoms with Crippen molar-refractivity contribution in [2.24, 2.45) is 0 Å². The maximum atomic E-state index is 8.33. The highest BCUT2D eigenvalue weighted by molar-refractivity contribution is 4.84. The molecule has 0 fully saturated rings. The number of hydrogen-bond acceptors (Lipinski definition) is 1. The van der Waals surface area contributed by atoms with E-state index in [4.69, 9.17) is 5.11 Å². The average Bonchev–Trinajstić information content (AvgIpc) is 2.03. The van der Waals surface area contributed by atoms with Gasteiger partial charge >= 0.3 is 0 Å². The summed E-state index contributed by atoms with van der Waals surface area (Å²) in [5, 5.41) is 8.33. The van der Waals surface area contributed by atoms with Crippen LogP contribution in [0.25, 0.3) is 0 Å². The Labute approximate surface area is 60.1 Å². The predicted octanol–water partition coefficient (Wildman–Crippen LogP) is 1.05. The normalized spacial score (nSPS) is 10.4. The fourth-order valence-electron chi connectivity index (χ4n) is 0.725. The van der Waals surface area contributed by atoms with E-state index in [0.29, 0.717) is 0 Å². The predicted molar refractivity (Wildman–Crippen MR) is 38.4 cm³/mol. The van der Waals surface area contributed by atoms with Crippen LogP contribution in [0.5, 0.6) is 0 Å². The van der Waals surface area contributed by atoms with Gasteiger partial charge < -0.3 is 5.11 Å². The largest absolute Gasteiger partial charge is 0.516 e. The zero-order valence-electron chi connectivity index (χ0n) is 5.64. The van der Waals surface area contributed by atoms with E-state index in [9.17, 15) is 0 Å². The number of pyridine rings is 1. The molecule has 0 saturated heterocycles. The van der Waals surface area contributed by atoms with E-state index >= 15 is 0 Å². The van der Waals surface area contributed by atoms with E-state index in [1.807, 2.05) is 35.2 Å². The van der Waals surface area contributed by atoms with Crippen LogP contribution in [0.3, 0.4) is 0 Å². The van der Waals surface area contributed by atoms with Gasteiger partial charge in [0, 0.05) is 18.2 Å². The second-order valence-electron chi connectivity index (χ2n) is 1.96. The lowest BCUT2D eigenvalue weighted by atomic mass is 10.5. The van der Waals surface area contributed by atoms with Crippen molar-refractivity contribution in [1.29, 1.82) is 0 Å². The quantitative estimate of drug-likeness (QED) is 0.477. The van der Waals surface area contributed by atoms with Gasteiger partial charge in [-0.15, -0.1) is 0 Å². The Morgan fingerprint density at radius 1 is 1.20 bits per heavy atom. The highest BCUT2D eigenvalue weighted by Gasteiger charge is 1.89. The van der Waals surface area contributed by atoms with Crippen molar-refractivity contribution < 1.29 is 9.67 Å². The zero-order chi connectivity index (χ0) is 7.23. The Morgan fingerprint density at radius 2 is 1.90 bits per heavy atom. The summed E-state index contributed by atoms with van der Waals surface area (Å²) in [6.45, 7) is 0.720. The highest BCUT2D eigenvalue weighted by Crippen LogP contribution is 1.77. The summed E-state index contributed by atoms with van der Waals surface area (Å²) >= 11 is 0. The third kappa shape index (κ3) is 1.90. The molecular weight excluding hydrogens is 126 g/mol. The van der Waals surface area contributed by atoms with E-state index in [1.165, 1.54) is 0 Å². The number of hydrogen-bond donors (Lipinski definition) is 1. The molecule has 0 atom stereocenters. The minimum atomic E-state index is 0.720. The maximum Gasteiger partial charge on any atom is 0.170 e. The van der Waals surface area contributed by atoms with Gasteiger partial charge in [0.15, 0.2) is 18.9 Å². The van der Waals surface area contributed by atoms with E-state index in [2.05, 4.69) is 0 Å². The summed E-state index contributed by atoms with van der Waals surface area (Å²) in [5.41, 5.74) is 0. The highest BCUT2D eigenvalue weighted by atomic mass is 16.2. The van der Waals surface area contributed by atoms with Crippen molar-refractivity contribution in [2.45, 2.75) is 6.54 Å². The number of aromatic nitrogens is 1. The molecule has 0 aliphatic rings. The van der Waals surface area contributed by atoms with Crippen molar-refractivity contribution in [3.8, 4) is 0 Å². The maximum absolute atomic E-state index is 8.33. The molecule has 2 nitrogen and oxygen atoms in total. The molecule has 0 aliphatic carbocycles. The molecule has 0 aliphatic heterocycles. The van der Waals surface area contributed by atoms with Gasteiger partial charge in [-0.1, -0.05) is 6.07 Å². The van der Waals surface area contributed by atoms with Crippen LogP contribution < -0.4 is 4.57 Å². The Bertz CT molecular complexity index is 206. The Balaban J connectivity index is 2.59. The van der Waals surface area contributed by atoms with E-state index in [0.717, 1.165) is 12.8 Å². The molecule has 1 rings (SSSR count). The van der Waals surface area contributed by atoms with Gasteiger partial charge in [-0.2, -0.15) is 0 Å². The van der Waals surface area contributed by atoms with Crippen LogP contribution in [0, 0.1) is 0 Å². The minimum Gasteiger partial charge on any atom is -0.516 e. The number of rotatable bonds is 2. The topological polar surface area (TPSA) is 24.1 Å². The van der Waals surface area contributed by atoms with Crippen LogP contribution in [0.1, 0.15) is 0 Å². The van der Waals surface area contributed by atoms with Crippen LogP contribution in [-0.4, -0.2) is 5.11 Å². The molecular formula is C8H10NO+. The lowest BCUT2D eigenvalue weighted by Crippen LogP contribution is -2.30. The lowest BCUT2D eigenvalue weighted by molar-refractivity contribution is -0.687. The van der Waals surface area contributed by atoms with Gasteiger partial charge in [-0.25, -0.2) is 4.57 Å². The van der Waals surface area contributed by atoms with E-state index in [-0.39, 0.29) is 0 Å². The van der Waals surface area contributed by atoms with Crippen LogP contribution >= 0.6 is 0 Å². The van der Waals surface area contributed by atoms with Crippen molar-refractivity contribution in [2.75, 3.05) is 0 Å². The number of nitrogens with zero attached hydrogens (tertiary/aromatic N) is 1. The van der Waals surface area contributed by atoms with Gasteiger partial charge in [0.2, 0.25) is 0 Å². The van der Waals surface area contributed by atoms with E-state index < -0.39 is 0 Å². The number of aliphatic hydroxyl groups is 1. The third-order valence-electron chi connectivity index (χ3n) is 1.20. The number of aliphatic hydroxyl groups excluding tert-OH is 1. The molecule has 1 aromatic rings. The molecule has 0 bridgehead atoms. The van der Waals surface area contributed by atoms with Crippen LogP contribution in [0.2, 0.25) is 0 Å².